The van der Waals surface area contributed by atoms with Gasteiger partial charge in [-0.15, -0.1) is 0 Å². The predicted molar refractivity (Wildman–Crippen MR) is 93.3 cm³/mol. The largest absolute Gasteiger partial charge is 0.393 e. The molecule has 0 saturated heterocycles. The Hall–Kier alpha value is -1.51. The Morgan fingerprint density at radius 3 is 2.46 bits per heavy atom. The van der Waals surface area contributed by atoms with Crippen LogP contribution in [0.3, 0.4) is 0 Å². The fourth-order valence-corrected chi connectivity index (χ4v) is 1.38. The summed E-state index contributed by atoms with van der Waals surface area (Å²) in [6, 6.07) is 0. The Balaban J connectivity index is 5.31. The first-order valence-corrected chi connectivity index (χ1v) is 7.89. The van der Waals surface area contributed by atoms with Gasteiger partial charge >= 0.3 is 0 Å². The number of carbonyl (C=O) groups excluding carboxylic acids is 1. The van der Waals surface area contributed by atoms with Gasteiger partial charge in [0.25, 0.3) is 5.91 Å². The van der Waals surface area contributed by atoms with Crippen molar-refractivity contribution >= 4 is 11.6 Å². The first-order chi connectivity index (χ1) is 11.0. The van der Waals surface area contributed by atoms with Gasteiger partial charge in [0.05, 0.1) is 13.2 Å². The summed E-state index contributed by atoms with van der Waals surface area (Å²) in [6.45, 7) is 6.50. The van der Waals surface area contributed by atoms with Gasteiger partial charge in [-0.3, -0.25) is 14.6 Å². The molecule has 1 atom stereocenters. The van der Waals surface area contributed by atoms with Crippen molar-refractivity contribution in [2.45, 2.75) is 39.5 Å². The number of aliphatic hydroxyl groups is 1. The van der Waals surface area contributed by atoms with E-state index in [1.807, 2.05) is 0 Å². The first kappa shape index (κ1) is 22.5. The van der Waals surface area contributed by atoms with Crippen LogP contribution in [0.2, 0.25) is 0 Å². The maximum Gasteiger partial charge on any atom is 0.293 e. The molecule has 0 aromatic heterocycles. The minimum absolute atomic E-state index is 0.0150. The Bertz CT molecular complexity index is 462. The number of aliphatic imine (C=N–C) groups is 1. The molecule has 0 rings (SSSR count). The molecule has 0 heterocycles. The zero-order valence-corrected chi connectivity index (χ0v) is 15.5. The van der Waals surface area contributed by atoms with Crippen LogP contribution in [0.4, 0.5) is 4.39 Å². The lowest BCUT2D eigenvalue weighted by atomic mass is 10.1. The molecule has 1 unspecified atom stereocenters. The number of amides is 1. The number of rotatable bonds is 10. The zero-order valence-electron chi connectivity index (χ0n) is 15.5. The lowest BCUT2D eigenvalue weighted by Crippen LogP contribution is -2.41. The van der Waals surface area contributed by atoms with Crippen LogP contribution in [-0.2, 0) is 9.63 Å². The molecule has 0 aliphatic heterocycles. The molecule has 0 radical (unpaired) electrons. The smallest absolute Gasteiger partial charge is 0.293 e. The molecule has 4 N–H and O–H groups in total. The highest BCUT2D eigenvalue weighted by molar-refractivity contribution is 6.43. The van der Waals surface area contributed by atoms with Crippen LogP contribution in [0.5, 0.6) is 0 Å². The maximum absolute atomic E-state index is 13.8. The molecule has 0 bridgehead atoms. The van der Waals surface area contributed by atoms with Crippen LogP contribution in [0.25, 0.3) is 0 Å². The lowest BCUT2D eigenvalue weighted by Gasteiger charge is -2.22. The third-order valence-corrected chi connectivity index (χ3v) is 3.28. The summed E-state index contributed by atoms with van der Waals surface area (Å²) in [4.78, 5) is 23.3. The van der Waals surface area contributed by atoms with Crippen LogP contribution < -0.4 is 11.2 Å². The van der Waals surface area contributed by atoms with E-state index in [4.69, 9.17) is 15.7 Å². The van der Waals surface area contributed by atoms with E-state index < -0.39 is 17.7 Å². The average Bonchev–Trinajstić information content (AvgIpc) is 2.52. The van der Waals surface area contributed by atoms with Crippen molar-refractivity contribution in [1.29, 1.82) is 0 Å². The summed E-state index contributed by atoms with van der Waals surface area (Å²) in [5.41, 5.74) is 7.63. The summed E-state index contributed by atoms with van der Waals surface area (Å²) in [6.07, 6.45) is 0.342. The Kier molecular flexibility index (Phi) is 9.72. The normalized spacial score (nSPS) is 14.8. The second-order valence-corrected chi connectivity index (χ2v) is 6.67. The van der Waals surface area contributed by atoms with E-state index in [-0.39, 0.29) is 31.3 Å². The van der Waals surface area contributed by atoms with Crippen molar-refractivity contribution in [3.63, 3.8) is 0 Å². The van der Waals surface area contributed by atoms with Crippen molar-refractivity contribution < 1.29 is 19.1 Å². The molecule has 0 aliphatic rings. The molecule has 0 aromatic rings. The van der Waals surface area contributed by atoms with Gasteiger partial charge in [0.2, 0.25) is 0 Å². The van der Waals surface area contributed by atoms with Crippen LogP contribution in [0.15, 0.2) is 16.8 Å². The van der Waals surface area contributed by atoms with Gasteiger partial charge in [-0.05, 0) is 25.8 Å². The molecule has 1 amide bonds. The van der Waals surface area contributed by atoms with Crippen molar-refractivity contribution in [2.24, 2.45) is 16.6 Å². The topological polar surface area (TPSA) is 100 Å². The maximum atomic E-state index is 13.8. The van der Waals surface area contributed by atoms with E-state index in [9.17, 15) is 9.18 Å². The van der Waals surface area contributed by atoms with Gasteiger partial charge in [-0.25, -0.2) is 9.87 Å². The Morgan fingerprint density at radius 2 is 2.04 bits per heavy atom. The number of alkyl halides is 1. The number of nitrogens with one attached hydrogen (secondary N) is 1. The molecular formula is C16H31FN4O3. The van der Waals surface area contributed by atoms with Gasteiger partial charge < -0.3 is 15.7 Å². The molecule has 140 valence electrons. The quantitative estimate of drug-likeness (QED) is 0.398. The number of nitrogens with zero attached hydrogens (tertiary/aromatic N) is 2. The third kappa shape index (κ3) is 8.37. The summed E-state index contributed by atoms with van der Waals surface area (Å²) in [5.74, 6) is -0.824. The number of carbonyl (C=O) groups is 1. The summed E-state index contributed by atoms with van der Waals surface area (Å²) >= 11 is 0. The average molecular weight is 346 g/mol. The molecule has 0 aromatic carbocycles. The third-order valence-electron chi connectivity index (χ3n) is 3.28. The number of aliphatic hydroxyl groups excluding tert-OH is 1. The van der Waals surface area contributed by atoms with Gasteiger partial charge in [-0.1, -0.05) is 13.8 Å². The zero-order chi connectivity index (χ0) is 18.9. The van der Waals surface area contributed by atoms with Gasteiger partial charge in [0, 0.05) is 26.3 Å². The van der Waals surface area contributed by atoms with E-state index >= 15 is 0 Å². The predicted octanol–water partition coefficient (Wildman–Crippen LogP) is 0.644. The number of nitrogens with two attached hydrogens (primary N) is 1. The van der Waals surface area contributed by atoms with Crippen molar-refractivity contribution in [3.05, 3.63) is 11.8 Å². The van der Waals surface area contributed by atoms with Crippen molar-refractivity contribution in [2.75, 3.05) is 33.8 Å². The molecule has 0 spiro atoms. The summed E-state index contributed by atoms with van der Waals surface area (Å²) in [5, 5.41) is 9.15. The minimum atomic E-state index is -1.16. The fourth-order valence-electron chi connectivity index (χ4n) is 1.38. The molecule has 0 saturated carbocycles. The molecule has 8 heteroatoms. The molecule has 24 heavy (non-hydrogen) atoms. The highest BCUT2D eigenvalue weighted by Gasteiger charge is 2.21. The van der Waals surface area contributed by atoms with Gasteiger partial charge in [0.15, 0.2) is 0 Å². The van der Waals surface area contributed by atoms with Gasteiger partial charge in [0.1, 0.15) is 17.5 Å². The van der Waals surface area contributed by atoms with Crippen LogP contribution >= 0.6 is 0 Å². The SMILES string of the molecule is CC(C)C(F)C/N=C(/C=C(\CN)N(C)C)C(=O)NOC(C)(C)CO. The molecule has 0 fully saturated rings. The standard InChI is InChI=1S/C16H31FN4O3/c1-11(2)13(17)9-19-14(7-12(8-18)21(5)6)15(23)20-24-16(3,4)10-22/h7,11,13,22H,8-10,18H2,1-6H3,(H,20,23)/b12-7+,19-14-. The number of hydroxylamine groups is 1. The number of hydrogen-bond acceptors (Lipinski definition) is 6. The monoisotopic (exact) mass is 346 g/mol. The molecular weight excluding hydrogens is 315 g/mol. The van der Waals surface area contributed by atoms with Crippen LogP contribution in [0.1, 0.15) is 27.7 Å². The highest BCUT2D eigenvalue weighted by Crippen LogP contribution is 2.08. The molecule has 0 aliphatic carbocycles. The molecule has 7 nitrogen and oxygen atoms in total. The number of hydrogen-bond donors (Lipinski definition) is 3. The van der Waals surface area contributed by atoms with E-state index in [0.717, 1.165) is 0 Å². The summed E-state index contributed by atoms with van der Waals surface area (Å²) in [7, 11) is 3.57. The highest BCUT2D eigenvalue weighted by atomic mass is 19.1. The van der Waals surface area contributed by atoms with Crippen molar-refractivity contribution in [3.8, 4) is 0 Å². The van der Waals surface area contributed by atoms with Gasteiger partial charge in [-0.2, -0.15) is 0 Å². The Labute approximate surface area is 143 Å². The van der Waals surface area contributed by atoms with Crippen LogP contribution in [0, 0.1) is 5.92 Å². The van der Waals surface area contributed by atoms with Crippen molar-refractivity contribution in [1.82, 2.24) is 10.4 Å². The van der Waals surface area contributed by atoms with E-state index in [1.54, 1.807) is 46.7 Å². The first-order valence-electron chi connectivity index (χ1n) is 7.89. The van der Waals surface area contributed by atoms with Crippen LogP contribution in [-0.4, -0.2) is 67.2 Å². The lowest BCUT2D eigenvalue weighted by molar-refractivity contribution is -0.146. The second kappa shape index (κ2) is 10.4. The number of halogens is 1. The number of likely N-dealkylation sites (N-methyl/N-ethyl adjacent to an activating group) is 1. The van der Waals surface area contributed by atoms with E-state index in [2.05, 4.69) is 10.5 Å². The summed E-state index contributed by atoms with van der Waals surface area (Å²) < 4.78 is 13.8. The van der Waals surface area contributed by atoms with E-state index in [1.165, 1.54) is 6.08 Å². The van der Waals surface area contributed by atoms with E-state index in [0.29, 0.717) is 5.70 Å². The Morgan fingerprint density at radius 1 is 1.46 bits per heavy atom. The fraction of sp³-hybridized carbons (Fsp3) is 0.750. The second-order valence-electron chi connectivity index (χ2n) is 6.67. The minimum Gasteiger partial charge on any atom is -0.393 e.